The standard InChI is InChI=1S/C10H13NO.ClH/c1-11-5-4-8-2-3-10(12)6-9(8)7-11;/h2-3,6,12H,4-5,7H2,1H3;1H. The van der Waals surface area contributed by atoms with Crippen molar-refractivity contribution in [3.63, 3.8) is 0 Å². The molecule has 72 valence electrons. The van der Waals surface area contributed by atoms with Gasteiger partial charge in [-0.15, -0.1) is 12.4 Å². The van der Waals surface area contributed by atoms with E-state index in [0.717, 1.165) is 19.5 Å². The van der Waals surface area contributed by atoms with E-state index in [1.807, 2.05) is 12.1 Å². The van der Waals surface area contributed by atoms with Crippen LogP contribution in [0.5, 0.6) is 5.75 Å². The molecule has 13 heavy (non-hydrogen) atoms. The fourth-order valence-corrected chi connectivity index (χ4v) is 1.68. The summed E-state index contributed by atoms with van der Waals surface area (Å²) in [5.41, 5.74) is 2.65. The molecule has 2 rings (SSSR count). The minimum atomic E-state index is 0. The zero-order valence-corrected chi connectivity index (χ0v) is 8.47. The molecule has 0 saturated carbocycles. The van der Waals surface area contributed by atoms with Crippen LogP contribution in [0.3, 0.4) is 0 Å². The topological polar surface area (TPSA) is 23.5 Å². The first-order valence-electron chi connectivity index (χ1n) is 4.25. The van der Waals surface area contributed by atoms with Crippen molar-refractivity contribution in [2.24, 2.45) is 0 Å². The van der Waals surface area contributed by atoms with Crippen LogP contribution in [0, 0.1) is 0 Å². The molecule has 0 radical (unpaired) electrons. The van der Waals surface area contributed by atoms with Crippen molar-refractivity contribution in [3.05, 3.63) is 29.3 Å². The Balaban J connectivity index is 0.000000845. The normalized spacial score (nSPS) is 16.1. The van der Waals surface area contributed by atoms with Crippen LogP contribution >= 0.6 is 12.4 Å². The molecule has 0 aromatic heterocycles. The van der Waals surface area contributed by atoms with Gasteiger partial charge in [-0.2, -0.15) is 0 Å². The first-order valence-corrected chi connectivity index (χ1v) is 4.25. The molecule has 0 bridgehead atoms. The van der Waals surface area contributed by atoms with E-state index in [-0.39, 0.29) is 12.4 Å². The van der Waals surface area contributed by atoms with Crippen molar-refractivity contribution in [1.82, 2.24) is 4.90 Å². The van der Waals surface area contributed by atoms with Crippen molar-refractivity contribution in [2.45, 2.75) is 13.0 Å². The fraction of sp³-hybridized carbons (Fsp3) is 0.400. The maximum atomic E-state index is 9.26. The third-order valence-corrected chi connectivity index (χ3v) is 2.39. The van der Waals surface area contributed by atoms with Gasteiger partial charge in [0.15, 0.2) is 0 Å². The SMILES string of the molecule is CN1CCc2ccc(O)cc2C1.Cl. The van der Waals surface area contributed by atoms with Gasteiger partial charge in [0.2, 0.25) is 0 Å². The molecule has 0 atom stereocenters. The smallest absolute Gasteiger partial charge is 0.115 e. The summed E-state index contributed by atoms with van der Waals surface area (Å²) in [6.45, 7) is 2.08. The van der Waals surface area contributed by atoms with Gasteiger partial charge >= 0.3 is 0 Å². The van der Waals surface area contributed by atoms with Gasteiger partial charge in [-0.05, 0) is 36.7 Å². The van der Waals surface area contributed by atoms with Crippen LogP contribution in [0.15, 0.2) is 18.2 Å². The number of halogens is 1. The molecule has 3 heteroatoms. The summed E-state index contributed by atoms with van der Waals surface area (Å²) < 4.78 is 0. The first-order chi connectivity index (χ1) is 5.75. The first kappa shape index (κ1) is 10.4. The molecular formula is C10H14ClNO. The Morgan fingerprint density at radius 2 is 2.08 bits per heavy atom. The van der Waals surface area contributed by atoms with E-state index < -0.39 is 0 Å². The van der Waals surface area contributed by atoms with Crippen LogP contribution in [0.25, 0.3) is 0 Å². The average Bonchev–Trinajstić information content (AvgIpc) is 2.03. The molecular weight excluding hydrogens is 186 g/mol. The van der Waals surface area contributed by atoms with E-state index in [9.17, 15) is 5.11 Å². The lowest BCUT2D eigenvalue weighted by atomic mass is 10.00. The Bertz CT molecular complexity index is 301. The summed E-state index contributed by atoms with van der Waals surface area (Å²) in [5, 5.41) is 9.26. The molecule has 0 aliphatic carbocycles. The number of rotatable bonds is 0. The van der Waals surface area contributed by atoms with Gasteiger partial charge in [-0.25, -0.2) is 0 Å². The van der Waals surface area contributed by atoms with Crippen molar-refractivity contribution in [3.8, 4) is 5.75 Å². The van der Waals surface area contributed by atoms with E-state index in [0.29, 0.717) is 5.75 Å². The predicted molar refractivity (Wildman–Crippen MR) is 55.4 cm³/mol. The Morgan fingerprint density at radius 3 is 2.85 bits per heavy atom. The van der Waals surface area contributed by atoms with Gasteiger partial charge < -0.3 is 10.0 Å². The molecule has 1 N–H and O–H groups in total. The summed E-state index contributed by atoms with van der Waals surface area (Å²) in [7, 11) is 2.10. The van der Waals surface area contributed by atoms with Gasteiger partial charge in [0.1, 0.15) is 5.75 Å². The molecule has 1 aromatic rings. The Morgan fingerprint density at radius 1 is 1.31 bits per heavy atom. The Labute approximate surface area is 84.6 Å². The molecule has 0 amide bonds. The van der Waals surface area contributed by atoms with Gasteiger partial charge in [-0.1, -0.05) is 6.07 Å². The monoisotopic (exact) mass is 199 g/mol. The minimum absolute atomic E-state index is 0. The number of aromatic hydroxyl groups is 1. The lowest BCUT2D eigenvalue weighted by molar-refractivity contribution is 0.312. The second-order valence-corrected chi connectivity index (χ2v) is 3.44. The minimum Gasteiger partial charge on any atom is -0.508 e. The summed E-state index contributed by atoms with van der Waals surface area (Å²) in [6, 6.07) is 5.66. The van der Waals surface area contributed by atoms with Crippen molar-refractivity contribution >= 4 is 12.4 Å². The third kappa shape index (κ3) is 2.14. The molecule has 0 unspecified atom stereocenters. The van der Waals surface area contributed by atoms with E-state index >= 15 is 0 Å². The van der Waals surface area contributed by atoms with Crippen LogP contribution in [-0.2, 0) is 13.0 Å². The van der Waals surface area contributed by atoms with Gasteiger partial charge in [0, 0.05) is 13.1 Å². The van der Waals surface area contributed by atoms with Gasteiger partial charge in [-0.3, -0.25) is 0 Å². The average molecular weight is 200 g/mol. The molecule has 1 aliphatic heterocycles. The Hall–Kier alpha value is -0.730. The molecule has 0 saturated heterocycles. The highest BCUT2D eigenvalue weighted by atomic mass is 35.5. The van der Waals surface area contributed by atoms with E-state index in [1.165, 1.54) is 11.1 Å². The lowest BCUT2D eigenvalue weighted by Gasteiger charge is -2.24. The second-order valence-electron chi connectivity index (χ2n) is 3.44. The quantitative estimate of drug-likeness (QED) is 0.689. The summed E-state index contributed by atoms with van der Waals surface area (Å²) in [4.78, 5) is 2.27. The van der Waals surface area contributed by atoms with E-state index in [2.05, 4.69) is 11.9 Å². The molecule has 0 fully saturated rings. The van der Waals surface area contributed by atoms with Crippen molar-refractivity contribution in [2.75, 3.05) is 13.6 Å². The number of fused-ring (bicyclic) bond motifs is 1. The number of phenolic OH excluding ortho intramolecular Hbond substituents is 1. The third-order valence-electron chi connectivity index (χ3n) is 2.39. The highest BCUT2D eigenvalue weighted by Crippen LogP contribution is 2.21. The fourth-order valence-electron chi connectivity index (χ4n) is 1.68. The predicted octanol–water partition coefficient (Wildman–Crippen LogP) is 1.80. The zero-order chi connectivity index (χ0) is 8.55. The van der Waals surface area contributed by atoms with Gasteiger partial charge in [0.25, 0.3) is 0 Å². The second kappa shape index (κ2) is 3.99. The molecule has 1 aliphatic rings. The van der Waals surface area contributed by atoms with Crippen molar-refractivity contribution in [1.29, 1.82) is 0 Å². The van der Waals surface area contributed by atoms with Crippen molar-refractivity contribution < 1.29 is 5.11 Å². The number of hydrogen-bond acceptors (Lipinski definition) is 2. The summed E-state index contributed by atoms with van der Waals surface area (Å²) >= 11 is 0. The molecule has 1 aromatic carbocycles. The lowest BCUT2D eigenvalue weighted by Crippen LogP contribution is -2.26. The van der Waals surface area contributed by atoms with Crippen LogP contribution in [0.1, 0.15) is 11.1 Å². The van der Waals surface area contributed by atoms with Crippen LogP contribution in [0.4, 0.5) is 0 Å². The molecule has 1 heterocycles. The highest BCUT2D eigenvalue weighted by molar-refractivity contribution is 5.85. The van der Waals surface area contributed by atoms with Gasteiger partial charge in [0.05, 0.1) is 0 Å². The maximum Gasteiger partial charge on any atom is 0.115 e. The maximum absolute atomic E-state index is 9.26. The van der Waals surface area contributed by atoms with Crippen LogP contribution < -0.4 is 0 Å². The number of benzene rings is 1. The molecule has 2 nitrogen and oxygen atoms in total. The molecule has 0 spiro atoms. The van der Waals surface area contributed by atoms with Crippen LogP contribution in [0.2, 0.25) is 0 Å². The van der Waals surface area contributed by atoms with E-state index in [4.69, 9.17) is 0 Å². The highest BCUT2D eigenvalue weighted by Gasteiger charge is 2.12. The largest absolute Gasteiger partial charge is 0.508 e. The summed E-state index contributed by atoms with van der Waals surface area (Å²) in [6.07, 6.45) is 1.10. The van der Waals surface area contributed by atoms with E-state index in [1.54, 1.807) is 6.07 Å². The summed E-state index contributed by atoms with van der Waals surface area (Å²) in [5.74, 6) is 0.379. The Kier molecular flexibility index (Phi) is 3.17. The number of hydrogen-bond donors (Lipinski definition) is 1. The number of phenols is 1. The van der Waals surface area contributed by atoms with Crippen LogP contribution in [-0.4, -0.2) is 23.6 Å². The zero-order valence-electron chi connectivity index (χ0n) is 7.66. The number of likely N-dealkylation sites (N-methyl/N-ethyl adjacent to an activating group) is 1. The number of nitrogens with zero attached hydrogens (tertiary/aromatic N) is 1.